The van der Waals surface area contributed by atoms with Crippen molar-refractivity contribution in [1.82, 2.24) is 4.98 Å². The van der Waals surface area contributed by atoms with Crippen molar-refractivity contribution in [2.75, 3.05) is 17.7 Å². The van der Waals surface area contributed by atoms with Crippen LogP contribution in [-0.4, -0.2) is 24.0 Å². The highest BCUT2D eigenvalue weighted by Crippen LogP contribution is 2.17. The fourth-order valence-corrected chi connectivity index (χ4v) is 2.68. The predicted molar refractivity (Wildman–Crippen MR) is 109 cm³/mol. The van der Waals surface area contributed by atoms with Crippen LogP contribution in [-0.2, 0) is 16.0 Å². The monoisotopic (exact) mass is 375 g/mol. The molecule has 1 aromatic heterocycles. The van der Waals surface area contributed by atoms with Crippen LogP contribution in [0.4, 0.5) is 17.2 Å². The summed E-state index contributed by atoms with van der Waals surface area (Å²) in [5.74, 6) is 0.161. The van der Waals surface area contributed by atoms with E-state index in [4.69, 9.17) is 0 Å². The van der Waals surface area contributed by atoms with Gasteiger partial charge in [-0.2, -0.15) is 0 Å². The molecule has 28 heavy (non-hydrogen) atoms. The number of hydrogen-bond acceptors (Lipinski definition) is 5. The van der Waals surface area contributed by atoms with Gasteiger partial charge in [0.15, 0.2) is 0 Å². The van der Waals surface area contributed by atoms with Crippen molar-refractivity contribution in [2.24, 2.45) is 0 Å². The van der Waals surface area contributed by atoms with E-state index in [2.05, 4.69) is 20.4 Å². The Labute approximate surface area is 163 Å². The van der Waals surface area contributed by atoms with Gasteiger partial charge in [0.25, 0.3) is 0 Å². The van der Waals surface area contributed by atoms with Crippen molar-refractivity contribution in [1.29, 1.82) is 0 Å². The summed E-state index contributed by atoms with van der Waals surface area (Å²) in [5.41, 5.74) is 3.99. The van der Waals surface area contributed by atoms with E-state index in [1.165, 1.54) is 7.11 Å². The Hall–Kier alpha value is -3.67. The number of carbonyl (C=O) groups excluding carboxylic acids is 2. The van der Waals surface area contributed by atoms with Gasteiger partial charge in [-0.25, -0.2) is 9.78 Å². The molecule has 0 aliphatic heterocycles. The maximum Gasteiger partial charge on any atom is 0.337 e. The van der Waals surface area contributed by atoms with Crippen molar-refractivity contribution in [3.8, 4) is 0 Å². The van der Waals surface area contributed by atoms with Gasteiger partial charge < -0.3 is 15.4 Å². The van der Waals surface area contributed by atoms with Gasteiger partial charge in [-0.05, 0) is 54.4 Å². The lowest BCUT2D eigenvalue weighted by Gasteiger charge is -2.09. The molecule has 3 aromatic rings. The Morgan fingerprint density at radius 1 is 0.964 bits per heavy atom. The van der Waals surface area contributed by atoms with Gasteiger partial charge in [-0.3, -0.25) is 4.79 Å². The van der Waals surface area contributed by atoms with Crippen LogP contribution in [0.2, 0.25) is 0 Å². The minimum absolute atomic E-state index is 0.0878. The molecular weight excluding hydrogens is 354 g/mol. The van der Waals surface area contributed by atoms with Crippen LogP contribution < -0.4 is 10.6 Å². The highest BCUT2D eigenvalue weighted by atomic mass is 16.5. The lowest BCUT2D eigenvalue weighted by atomic mass is 10.1. The minimum atomic E-state index is -0.379. The first-order valence-corrected chi connectivity index (χ1v) is 8.81. The second-order valence-electron chi connectivity index (χ2n) is 6.28. The number of rotatable bonds is 6. The lowest BCUT2D eigenvalue weighted by Crippen LogP contribution is -2.15. The van der Waals surface area contributed by atoms with Crippen LogP contribution in [0.15, 0.2) is 66.9 Å². The van der Waals surface area contributed by atoms with E-state index in [1.807, 2.05) is 31.2 Å². The van der Waals surface area contributed by atoms with Gasteiger partial charge >= 0.3 is 5.97 Å². The molecule has 3 rings (SSSR count). The highest BCUT2D eigenvalue weighted by molar-refractivity contribution is 5.92. The molecule has 0 aliphatic rings. The van der Waals surface area contributed by atoms with E-state index < -0.39 is 0 Å². The van der Waals surface area contributed by atoms with E-state index in [0.717, 1.165) is 16.8 Å². The van der Waals surface area contributed by atoms with Crippen LogP contribution >= 0.6 is 0 Å². The number of methoxy groups -OCH3 is 1. The molecule has 1 amide bonds. The predicted octanol–water partition coefficient (Wildman–Crippen LogP) is 4.10. The zero-order chi connectivity index (χ0) is 19.9. The average molecular weight is 375 g/mol. The molecule has 6 heteroatoms. The Morgan fingerprint density at radius 3 is 2.32 bits per heavy atom. The van der Waals surface area contributed by atoms with Gasteiger partial charge in [0.05, 0.1) is 31.0 Å². The van der Waals surface area contributed by atoms with Crippen LogP contribution in [0.1, 0.15) is 21.5 Å². The Kier molecular flexibility index (Phi) is 6.01. The molecule has 0 saturated carbocycles. The molecule has 1 heterocycles. The second kappa shape index (κ2) is 8.81. The van der Waals surface area contributed by atoms with Gasteiger partial charge in [-0.1, -0.05) is 24.3 Å². The zero-order valence-electron chi connectivity index (χ0n) is 15.7. The molecule has 6 nitrogen and oxygen atoms in total. The average Bonchev–Trinajstić information content (AvgIpc) is 2.71. The molecule has 0 spiro atoms. The minimum Gasteiger partial charge on any atom is -0.465 e. The topological polar surface area (TPSA) is 80.3 Å². The van der Waals surface area contributed by atoms with Crippen molar-refractivity contribution in [2.45, 2.75) is 13.3 Å². The summed E-state index contributed by atoms with van der Waals surface area (Å²) in [5, 5.41) is 5.99. The molecule has 0 atom stereocenters. The summed E-state index contributed by atoms with van der Waals surface area (Å²) in [6.07, 6.45) is 1.92. The van der Waals surface area contributed by atoms with Crippen molar-refractivity contribution >= 4 is 29.1 Å². The molecule has 0 aliphatic carbocycles. The molecule has 0 unspecified atom stereocenters. The summed E-state index contributed by atoms with van der Waals surface area (Å²) in [4.78, 5) is 28.0. The van der Waals surface area contributed by atoms with Crippen molar-refractivity contribution in [3.05, 3.63) is 83.6 Å². The Bertz CT molecular complexity index is 967. The van der Waals surface area contributed by atoms with Crippen LogP contribution in [0.5, 0.6) is 0 Å². The number of nitrogens with one attached hydrogen (secondary N) is 2. The Balaban J connectivity index is 1.58. The van der Waals surface area contributed by atoms with Crippen molar-refractivity contribution in [3.63, 3.8) is 0 Å². The summed E-state index contributed by atoms with van der Waals surface area (Å²) >= 11 is 0. The number of aryl methyl sites for hydroxylation is 1. The van der Waals surface area contributed by atoms with Crippen LogP contribution in [0.3, 0.4) is 0 Å². The van der Waals surface area contributed by atoms with Crippen LogP contribution in [0.25, 0.3) is 0 Å². The molecule has 0 radical (unpaired) electrons. The standard InChI is InChI=1S/C22H21N3O3/c1-15-5-3-4-6-17(15)13-21(26)25-19-11-12-20(23-14-19)24-18-9-7-16(8-10-18)22(27)28-2/h3-12,14H,13H2,1-2H3,(H,23,24)(H,25,26). The number of carbonyl (C=O) groups is 2. The summed E-state index contributed by atoms with van der Waals surface area (Å²) in [6, 6.07) is 18.3. The maximum absolute atomic E-state index is 12.2. The van der Waals surface area contributed by atoms with E-state index in [0.29, 0.717) is 23.5 Å². The van der Waals surface area contributed by atoms with E-state index in [-0.39, 0.29) is 11.9 Å². The number of benzene rings is 2. The Morgan fingerprint density at radius 2 is 1.68 bits per heavy atom. The molecule has 0 bridgehead atoms. The maximum atomic E-state index is 12.2. The first-order chi connectivity index (χ1) is 13.5. The second-order valence-corrected chi connectivity index (χ2v) is 6.28. The lowest BCUT2D eigenvalue weighted by molar-refractivity contribution is -0.115. The third kappa shape index (κ3) is 4.94. The smallest absolute Gasteiger partial charge is 0.337 e. The first kappa shape index (κ1) is 19.1. The number of hydrogen-bond donors (Lipinski definition) is 2. The molecule has 0 fully saturated rings. The number of anilines is 3. The molecule has 2 N–H and O–H groups in total. The largest absolute Gasteiger partial charge is 0.465 e. The highest BCUT2D eigenvalue weighted by Gasteiger charge is 2.07. The molecule has 2 aromatic carbocycles. The quantitative estimate of drug-likeness (QED) is 0.634. The third-order valence-corrected chi connectivity index (χ3v) is 4.24. The molecule has 142 valence electrons. The summed E-state index contributed by atoms with van der Waals surface area (Å²) in [6.45, 7) is 1.99. The van der Waals surface area contributed by atoms with Gasteiger partial charge in [0, 0.05) is 5.69 Å². The summed E-state index contributed by atoms with van der Waals surface area (Å²) < 4.78 is 4.68. The van der Waals surface area contributed by atoms with Gasteiger partial charge in [0.2, 0.25) is 5.91 Å². The SMILES string of the molecule is COC(=O)c1ccc(Nc2ccc(NC(=O)Cc3ccccc3C)cn2)cc1. The van der Waals surface area contributed by atoms with E-state index in [9.17, 15) is 9.59 Å². The number of esters is 1. The fourth-order valence-electron chi connectivity index (χ4n) is 2.68. The third-order valence-electron chi connectivity index (χ3n) is 4.24. The number of ether oxygens (including phenoxy) is 1. The number of nitrogens with zero attached hydrogens (tertiary/aromatic N) is 1. The summed E-state index contributed by atoms with van der Waals surface area (Å²) in [7, 11) is 1.35. The molecular formula is C22H21N3O3. The fraction of sp³-hybridized carbons (Fsp3) is 0.136. The zero-order valence-corrected chi connectivity index (χ0v) is 15.7. The van der Waals surface area contributed by atoms with Crippen molar-refractivity contribution < 1.29 is 14.3 Å². The van der Waals surface area contributed by atoms with Gasteiger partial charge in [0.1, 0.15) is 5.82 Å². The van der Waals surface area contributed by atoms with Crippen LogP contribution in [0, 0.1) is 6.92 Å². The first-order valence-electron chi connectivity index (χ1n) is 8.81. The number of pyridine rings is 1. The number of aromatic nitrogens is 1. The van der Waals surface area contributed by atoms with E-state index in [1.54, 1.807) is 42.6 Å². The van der Waals surface area contributed by atoms with Gasteiger partial charge in [-0.15, -0.1) is 0 Å². The normalized spacial score (nSPS) is 10.2. The van der Waals surface area contributed by atoms with E-state index >= 15 is 0 Å². The number of amides is 1. The molecule has 0 saturated heterocycles.